The van der Waals surface area contributed by atoms with Crippen LogP contribution in [0.2, 0.25) is 0 Å². The molecule has 0 bridgehead atoms. The minimum absolute atomic E-state index is 0.0546. The van der Waals surface area contributed by atoms with Gasteiger partial charge in [0.05, 0.1) is 24.4 Å². The topological polar surface area (TPSA) is 172 Å². The molecule has 1 aliphatic rings. The lowest BCUT2D eigenvalue weighted by atomic mass is 10.1. The van der Waals surface area contributed by atoms with Crippen LogP contribution in [0.4, 0.5) is 4.39 Å². The van der Waals surface area contributed by atoms with E-state index in [1.165, 1.54) is 40.5 Å². The van der Waals surface area contributed by atoms with Crippen LogP contribution in [0.5, 0.6) is 5.75 Å². The summed E-state index contributed by atoms with van der Waals surface area (Å²) in [5.41, 5.74) is 6.03. The number of nitrogens with one attached hydrogen (secondary N) is 3. The maximum Gasteiger partial charge on any atom is 0.243 e. The first kappa shape index (κ1) is 30.0. The minimum atomic E-state index is -3.53. The lowest BCUT2D eigenvalue weighted by Crippen LogP contribution is -2.49. The molecule has 1 aromatic carbocycles. The molecule has 1 aliphatic heterocycles. The van der Waals surface area contributed by atoms with E-state index < -0.39 is 44.9 Å². The van der Waals surface area contributed by atoms with Gasteiger partial charge in [0, 0.05) is 35.0 Å². The Balaban J connectivity index is 1.53. The third-order valence-electron chi connectivity index (χ3n) is 6.27. The lowest BCUT2D eigenvalue weighted by molar-refractivity contribution is -0.138. The van der Waals surface area contributed by atoms with Crippen LogP contribution in [0, 0.1) is 11.2 Å². The third-order valence-corrected chi connectivity index (χ3v) is 8.94. The van der Waals surface area contributed by atoms with Crippen LogP contribution >= 0.6 is 11.3 Å². The van der Waals surface area contributed by atoms with Gasteiger partial charge in [-0.3, -0.25) is 19.8 Å². The number of halogens is 1. The molecule has 2 heterocycles. The Morgan fingerprint density at radius 3 is 2.59 bits per heavy atom. The smallest absolute Gasteiger partial charge is 0.243 e. The summed E-state index contributed by atoms with van der Waals surface area (Å²) in [7, 11) is -3.53. The fourth-order valence-electron chi connectivity index (χ4n) is 4.05. The van der Waals surface area contributed by atoms with E-state index in [9.17, 15) is 27.2 Å². The number of likely N-dealkylation sites (tertiary alicyclic amines) is 1. The van der Waals surface area contributed by atoms with E-state index in [1.807, 2.05) is 0 Å². The van der Waals surface area contributed by atoms with Crippen molar-refractivity contribution in [3.8, 4) is 5.75 Å². The van der Waals surface area contributed by atoms with Crippen LogP contribution in [0.15, 0.2) is 35.7 Å². The van der Waals surface area contributed by atoms with Crippen LogP contribution < -0.4 is 21.1 Å². The molecule has 39 heavy (non-hydrogen) atoms. The molecule has 1 saturated heterocycles. The number of hydrogen-bond acceptors (Lipinski definition) is 8. The predicted octanol–water partition coefficient (Wildman–Crippen LogP) is 1.34. The molecular weight excluding hydrogens is 549 g/mol. The second kappa shape index (κ2) is 13.0. The number of carbonyl (C=O) groups is 3. The molecule has 1 aromatic heterocycles. The summed E-state index contributed by atoms with van der Waals surface area (Å²) in [5, 5.41) is 13.6. The van der Waals surface area contributed by atoms with Gasteiger partial charge in [0.15, 0.2) is 9.84 Å². The molecule has 11 nitrogen and oxygen atoms in total. The van der Waals surface area contributed by atoms with Crippen molar-refractivity contribution < 1.29 is 31.9 Å². The number of nitrogens with two attached hydrogens (primary N) is 1. The number of nitrogen functional groups attached to an aromatic ring is 1. The van der Waals surface area contributed by atoms with Gasteiger partial charge >= 0.3 is 0 Å². The van der Waals surface area contributed by atoms with Gasteiger partial charge in [-0.2, -0.15) is 0 Å². The lowest BCUT2D eigenvalue weighted by Gasteiger charge is -2.25. The summed E-state index contributed by atoms with van der Waals surface area (Å²) < 4.78 is 42.8. The van der Waals surface area contributed by atoms with Gasteiger partial charge in [0.1, 0.15) is 23.4 Å². The van der Waals surface area contributed by atoms with Crippen molar-refractivity contribution in [2.75, 3.05) is 26.0 Å². The molecule has 0 radical (unpaired) electrons. The Hall–Kier alpha value is -3.52. The monoisotopic (exact) mass is 581 g/mol. The van der Waals surface area contributed by atoms with Crippen molar-refractivity contribution in [1.29, 1.82) is 5.41 Å². The number of hydrogen-bond donors (Lipinski definition) is 4. The van der Waals surface area contributed by atoms with Gasteiger partial charge < -0.3 is 26.0 Å². The molecule has 3 amide bonds. The summed E-state index contributed by atoms with van der Waals surface area (Å²) in [6.45, 7) is 1.41. The zero-order chi connectivity index (χ0) is 28.7. The summed E-state index contributed by atoms with van der Waals surface area (Å²) in [5.74, 6) is -1.49. The molecule has 212 valence electrons. The van der Waals surface area contributed by atoms with Crippen LogP contribution in [0.3, 0.4) is 0 Å². The van der Waals surface area contributed by atoms with Crippen molar-refractivity contribution in [2.45, 2.75) is 43.5 Å². The fourth-order valence-corrected chi connectivity index (χ4v) is 5.93. The number of benzene rings is 1. The largest absolute Gasteiger partial charge is 0.494 e. The zero-order valence-corrected chi connectivity index (χ0v) is 23.2. The van der Waals surface area contributed by atoms with Crippen molar-refractivity contribution in [3.05, 3.63) is 52.0 Å². The molecule has 3 rings (SSSR count). The van der Waals surface area contributed by atoms with Gasteiger partial charge in [-0.1, -0.05) is 0 Å². The summed E-state index contributed by atoms with van der Waals surface area (Å²) >= 11 is 1.32. The second-order valence-corrected chi connectivity index (χ2v) is 12.6. The number of sulfone groups is 1. The van der Waals surface area contributed by atoms with Crippen molar-refractivity contribution in [3.63, 3.8) is 0 Å². The first-order chi connectivity index (χ1) is 18.3. The van der Waals surface area contributed by atoms with E-state index in [4.69, 9.17) is 15.9 Å². The van der Waals surface area contributed by atoms with Gasteiger partial charge in [-0.25, -0.2) is 12.8 Å². The molecule has 1 fully saturated rings. The maximum absolute atomic E-state index is 13.1. The molecular formula is C25H32FN5O6S2. The number of ether oxygens (including phenoxy) is 1. The van der Waals surface area contributed by atoms with Gasteiger partial charge in [0.2, 0.25) is 17.7 Å². The summed E-state index contributed by atoms with van der Waals surface area (Å²) in [4.78, 5) is 40.3. The quantitative estimate of drug-likeness (QED) is 0.166. The van der Waals surface area contributed by atoms with E-state index in [0.717, 1.165) is 11.1 Å². The van der Waals surface area contributed by atoms with Gasteiger partial charge in [-0.05, 0) is 50.1 Å². The van der Waals surface area contributed by atoms with Crippen molar-refractivity contribution in [1.82, 2.24) is 15.5 Å². The van der Waals surface area contributed by atoms with Crippen LogP contribution in [-0.4, -0.2) is 74.1 Å². The average molecular weight is 582 g/mol. The second-order valence-electron chi connectivity index (χ2n) is 9.31. The number of nitrogens with zero attached hydrogens (tertiary/aromatic N) is 1. The predicted molar refractivity (Wildman–Crippen MR) is 145 cm³/mol. The molecule has 0 aliphatic carbocycles. The Kier molecular flexibility index (Phi) is 10.0. The van der Waals surface area contributed by atoms with Crippen molar-refractivity contribution >= 4 is 44.7 Å². The Bertz CT molecular complexity index is 1310. The number of amidine groups is 1. The zero-order valence-electron chi connectivity index (χ0n) is 21.6. The standard InChI is InChI=1S/C25H32FN5O6S2/c1-15(21-10-16(14-38-21)24(27)28)30-25(34)20-11-19(39(2,35)36)13-31(20)23(33)12-29-22(32)4-3-9-37-18-7-5-17(26)6-8-18/h5-8,10,14-15,19-20H,3-4,9,11-13H2,1-2H3,(H3,27,28)(H,29,32)(H,30,34)/t15-,19-,20+/m1/s1. The normalized spacial score (nSPS) is 17.9. The van der Waals surface area contributed by atoms with E-state index in [-0.39, 0.29) is 44.2 Å². The Morgan fingerprint density at radius 1 is 1.28 bits per heavy atom. The molecule has 5 N–H and O–H groups in total. The van der Waals surface area contributed by atoms with Crippen LogP contribution in [0.25, 0.3) is 0 Å². The minimum Gasteiger partial charge on any atom is -0.494 e. The maximum atomic E-state index is 13.1. The first-order valence-electron chi connectivity index (χ1n) is 12.2. The number of rotatable bonds is 12. The SMILES string of the molecule is C[C@@H](NC(=O)[C@@H]1C[C@@H](S(C)(=O)=O)CN1C(=O)CNC(=O)CCCOc1ccc(F)cc1)c1cc(C(=N)N)cs1. The van der Waals surface area contributed by atoms with Gasteiger partial charge in [0.25, 0.3) is 0 Å². The highest BCUT2D eigenvalue weighted by Crippen LogP contribution is 2.26. The molecule has 0 unspecified atom stereocenters. The van der Waals surface area contributed by atoms with E-state index in [1.54, 1.807) is 18.4 Å². The molecule has 14 heteroatoms. The highest BCUT2D eigenvalue weighted by Gasteiger charge is 2.43. The molecule has 0 saturated carbocycles. The third kappa shape index (κ3) is 8.48. The number of amides is 3. The van der Waals surface area contributed by atoms with E-state index in [2.05, 4.69) is 10.6 Å². The Labute approximate surface area is 230 Å². The highest BCUT2D eigenvalue weighted by atomic mass is 32.2. The number of carbonyl (C=O) groups excluding carboxylic acids is 3. The van der Waals surface area contributed by atoms with Gasteiger partial charge in [-0.15, -0.1) is 11.3 Å². The first-order valence-corrected chi connectivity index (χ1v) is 15.0. The summed E-state index contributed by atoms with van der Waals surface area (Å²) in [6, 6.07) is 5.70. The fraction of sp³-hybridized carbons (Fsp3) is 0.440. The molecule has 3 atom stereocenters. The summed E-state index contributed by atoms with van der Waals surface area (Å²) in [6.07, 6.45) is 1.44. The van der Waals surface area contributed by atoms with Crippen LogP contribution in [0.1, 0.15) is 42.7 Å². The van der Waals surface area contributed by atoms with Crippen LogP contribution in [-0.2, 0) is 24.2 Å². The molecule has 0 spiro atoms. The molecule has 2 aromatic rings. The van der Waals surface area contributed by atoms with E-state index in [0.29, 0.717) is 17.7 Å². The van der Waals surface area contributed by atoms with E-state index >= 15 is 0 Å². The van der Waals surface area contributed by atoms with Crippen molar-refractivity contribution in [2.24, 2.45) is 5.73 Å². The number of thiophene rings is 1. The highest BCUT2D eigenvalue weighted by molar-refractivity contribution is 7.91. The average Bonchev–Trinajstić information content (AvgIpc) is 3.55. The Morgan fingerprint density at radius 2 is 1.97 bits per heavy atom.